The van der Waals surface area contributed by atoms with Crippen LogP contribution in [0.5, 0.6) is 0 Å². The van der Waals surface area contributed by atoms with Gasteiger partial charge < -0.3 is 15.3 Å². The molecule has 0 aromatic heterocycles. The summed E-state index contributed by atoms with van der Waals surface area (Å²) in [5, 5.41) is 25.7. The second-order valence-electron chi connectivity index (χ2n) is 4.48. The number of rotatable bonds is 11. The molecular formula is C12H20F7NO6. The normalized spacial score (nSPS) is 12.7. The second-order valence-corrected chi connectivity index (χ2v) is 4.48. The smallest absolute Gasteiger partial charge is 0.460 e. The van der Waals surface area contributed by atoms with E-state index in [-0.39, 0.29) is 26.4 Å². The Balaban J connectivity index is 0. The number of aliphatic hydroxyl groups excluding tert-OH is 2. The molecule has 0 aliphatic heterocycles. The number of carboxylic acids is 1. The van der Waals surface area contributed by atoms with Crippen LogP contribution in [0.3, 0.4) is 0 Å². The lowest BCUT2D eigenvalue weighted by molar-refractivity contribution is -0.371. The summed E-state index contributed by atoms with van der Waals surface area (Å²) < 4.78 is 80.5. The fraction of sp³-hybridized carbons (Fsp3) is 0.917. The Labute approximate surface area is 143 Å². The van der Waals surface area contributed by atoms with Crippen molar-refractivity contribution in [1.82, 2.24) is 5.23 Å². The number of carbonyl (C=O) groups is 1. The molecule has 0 amide bonds. The number of hydroxylamine groups is 2. The number of aliphatic carboxylic acids is 1. The third-order valence-corrected chi connectivity index (χ3v) is 2.37. The van der Waals surface area contributed by atoms with Gasteiger partial charge in [0.1, 0.15) is 0 Å². The Kier molecular flexibility index (Phi) is 12.7. The van der Waals surface area contributed by atoms with E-state index in [1.807, 2.05) is 0 Å². The zero-order chi connectivity index (χ0) is 21.0. The van der Waals surface area contributed by atoms with Crippen LogP contribution in [0.4, 0.5) is 30.7 Å². The van der Waals surface area contributed by atoms with Gasteiger partial charge >= 0.3 is 24.0 Å². The van der Waals surface area contributed by atoms with Crippen molar-refractivity contribution in [1.29, 1.82) is 0 Å². The first-order chi connectivity index (χ1) is 11.8. The number of alkyl halides is 7. The van der Waals surface area contributed by atoms with Gasteiger partial charge in [-0.1, -0.05) is 18.6 Å². The number of halogens is 7. The maximum atomic E-state index is 11.8. The van der Waals surface area contributed by atoms with E-state index in [0.29, 0.717) is 6.54 Å². The summed E-state index contributed by atoms with van der Waals surface area (Å²) in [6.45, 7) is 3.08. The minimum absolute atomic E-state index is 0.0366. The molecule has 14 heteroatoms. The largest absolute Gasteiger partial charge is 0.477 e. The van der Waals surface area contributed by atoms with Gasteiger partial charge in [-0.15, -0.1) is 0 Å². The summed E-state index contributed by atoms with van der Waals surface area (Å²) in [6.07, 6.45) is -4.60. The zero-order valence-electron chi connectivity index (χ0n) is 13.6. The minimum Gasteiger partial charge on any atom is -0.477 e. The molecule has 26 heavy (non-hydrogen) atoms. The van der Waals surface area contributed by atoms with Gasteiger partial charge in [0.15, 0.2) is 0 Å². The zero-order valence-corrected chi connectivity index (χ0v) is 13.6. The van der Waals surface area contributed by atoms with Gasteiger partial charge in [0.05, 0.1) is 33.0 Å². The summed E-state index contributed by atoms with van der Waals surface area (Å²) in [5.41, 5.74) is 0. The van der Waals surface area contributed by atoms with Gasteiger partial charge in [-0.05, 0) is 6.42 Å². The van der Waals surface area contributed by atoms with Crippen molar-refractivity contribution >= 4 is 5.97 Å². The third kappa shape index (κ3) is 8.93. The van der Waals surface area contributed by atoms with Gasteiger partial charge in [-0.2, -0.15) is 30.7 Å². The molecule has 0 radical (unpaired) electrons. The van der Waals surface area contributed by atoms with E-state index in [1.165, 1.54) is 5.23 Å². The van der Waals surface area contributed by atoms with Crippen LogP contribution in [-0.4, -0.2) is 77.5 Å². The number of aliphatic hydroxyl groups is 2. The van der Waals surface area contributed by atoms with Gasteiger partial charge in [0.2, 0.25) is 0 Å². The SMILES string of the molecule is CCCCN(OCCO)OCCO.O=C(O)C(F)(F)C(F)(F)C(F)(F)F. The average molecular weight is 407 g/mol. The molecule has 0 aliphatic carbocycles. The van der Waals surface area contributed by atoms with Crippen molar-refractivity contribution in [2.45, 2.75) is 37.8 Å². The van der Waals surface area contributed by atoms with Crippen LogP contribution in [0.15, 0.2) is 0 Å². The molecule has 0 aromatic rings. The van der Waals surface area contributed by atoms with Crippen molar-refractivity contribution in [2.75, 3.05) is 33.0 Å². The summed E-state index contributed by atoms with van der Waals surface area (Å²) in [5.74, 6) is -16.3. The molecule has 3 N–H and O–H groups in total. The maximum absolute atomic E-state index is 11.8. The molecule has 0 rings (SSSR count). The number of nitrogens with zero attached hydrogens (tertiary/aromatic N) is 1. The molecule has 0 spiro atoms. The van der Waals surface area contributed by atoms with Gasteiger partial charge in [0.25, 0.3) is 0 Å². The Morgan fingerprint density at radius 1 is 0.962 bits per heavy atom. The van der Waals surface area contributed by atoms with Crippen LogP contribution in [0.2, 0.25) is 0 Å². The van der Waals surface area contributed by atoms with Crippen molar-refractivity contribution < 1.29 is 60.5 Å². The Morgan fingerprint density at radius 2 is 1.38 bits per heavy atom. The molecule has 0 aliphatic rings. The van der Waals surface area contributed by atoms with Gasteiger partial charge in [-0.25, -0.2) is 4.79 Å². The van der Waals surface area contributed by atoms with Crippen LogP contribution in [0.25, 0.3) is 0 Å². The molecule has 0 bridgehead atoms. The van der Waals surface area contributed by atoms with Crippen LogP contribution in [0.1, 0.15) is 19.8 Å². The highest BCUT2D eigenvalue weighted by Crippen LogP contribution is 2.46. The summed E-state index contributed by atoms with van der Waals surface area (Å²) >= 11 is 0. The number of carboxylic acid groups (broad SMARTS) is 1. The van der Waals surface area contributed by atoms with E-state index >= 15 is 0 Å². The molecular weight excluding hydrogens is 387 g/mol. The lowest BCUT2D eigenvalue weighted by Crippen LogP contribution is -2.56. The number of unbranched alkanes of at least 4 members (excludes halogenated alkanes) is 1. The van der Waals surface area contributed by atoms with Crippen molar-refractivity contribution in [3.8, 4) is 0 Å². The Hall–Kier alpha value is -1.22. The molecule has 0 saturated carbocycles. The highest BCUT2D eigenvalue weighted by Gasteiger charge is 2.76. The molecule has 0 atom stereocenters. The summed E-state index contributed by atoms with van der Waals surface area (Å²) in [6, 6.07) is 0. The first-order valence-electron chi connectivity index (χ1n) is 7.10. The van der Waals surface area contributed by atoms with Crippen molar-refractivity contribution in [3.63, 3.8) is 0 Å². The highest BCUT2D eigenvalue weighted by atomic mass is 19.4. The van der Waals surface area contributed by atoms with Crippen LogP contribution in [0, 0.1) is 0 Å². The fourth-order valence-corrected chi connectivity index (χ4v) is 1.05. The van der Waals surface area contributed by atoms with E-state index in [9.17, 15) is 35.5 Å². The maximum Gasteiger partial charge on any atom is 0.460 e. The molecule has 0 aromatic carbocycles. The average Bonchev–Trinajstić information content (AvgIpc) is 2.53. The van der Waals surface area contributed by atoms with E-state index in [4.69, 9.17) is 25.0 Å². The molecule has 158 valence electrons. The van der Waals surface area contributed by atoms with E-state index < -0.39 is 24.0 Å². The summed E-state index contributed by atoms with van der Waals surface area (Å²) in [4.78, 5) is 19.5. The highest BCUT2D eigenvalue weighted by molar-refractivity contribution is 5.76. The predicted octanol–water partition coefficient (Wildman–Crippen LogP) is 1.84. The topological polar surface area (TPSA) is 99.5 Å². The van der Waals surface area contributed by atoms with E-state index in [2.05, 4.69) is 6.92 Å². The first kappa shape index (κ1) is 27.0. The van der Waals surface area contributed by atoms with Crippen molar-refractivity contribution in [2.24, 2.45) is 0 Å². The van der Waals surface area contributed by atoms with Crippen LogP contribution in [-0.2, 0) is 14.5 Å². The molecule has 0 saturated heterocycles. The predicted molar refractivity (Wildman–Crippen MR) is 71.3 cm³/mol. The minimum atomic E-state index is -6.60. The van der Waals surface area contributed by atoms with Crippen molar-refractivity contribution in [3.05, 3.63) is 0 Å². The standard InChI is InChI=1S/C8H19NO4.C4HF7O2/c1-2-3-4-9(12-7-5-10)13-8-6-11;5-2(6,1(12)13)3(7,8)4(9,10)11/h10-11H,2-8H2,1H3;(H,12,13). The first-order valence-corrected chi connectivity index (χ1v) is 7.10. The van der Waals surface area contributed by atoms with Crippen LogP contribution >= 0.6 is 0 Å². The number of hydrogen-bond donors (Lipinski definition) is 3. The van der Waals surface area contributed by atoms with E-state index in [1.54, 1.807) is 0 Å². The second kappa shape index (κ2) is 12.2. The van der Waals surface area contributed by atoms with Crippen LogP contribution < -0.4 is 0 Å². The molecule has 0 unspecified atom stereocenters. The number of hydrogen-bond acceptors (Lipinski definition) is 6. The fourth-order valence-electron chi connectivity index (χ4n) is 1.05. The lowest BCUT2D eigenvalue weighted by Gasteiger charge is -2.24. The van der Waals surface area contributed by atoms with E-state index in [0.717, 1.165) is 12.8 Å². The Bertz CT molecular complexity index is 376. The molecule has 0 heterocycles. The third-order valence-electron chi connectivity index (χ3n) is 2.37. The monoisotopic (exact) mass is 407 g/mol. The quantitative estimate of drug-likeness (QED) is 0.355. The Morgan fingerprint density at radius 3 is 1.62 bits per heavy atom. The van der Waals surface area contributed by atoms with Gasteiger partial charge in [0, 0.05) is 0 Å². The molecule has 7 nitrogen and oxygen atoms in total. The molecule has 0 fully saturated rings. The van der Waals surface area contributed by atoms with Gasteiger partial charge in [-0.3, -0.25) is 9.68 Å². The summed E-state index contributed by atoms with van der Waals surface area (Å²) in [7, 11) is 0. The lowest BCUT2D eigenvalue weighted by atomic mass is 10.1.